The third-order valence-corrected chi connectivity index (χ3v) is 3.95. The molecule has 1 spiro atoms. The Labute approximate surface area is 118 Å². The molecular weight excluding hydrogens is 273 g/mol. The van der Waals surface area contributed by atoms with E-state index >= 15 is 0 Å². The van der Waals surface area contributed by atoms with Gasteiger partial charge in [-0.05, 0) is 23.9 Å². The maximum Gasteiger partial charge on any atom is 0.170 e. The fraction of sp³-hybridized carbons (Fsp3) is 0.462. The van der Waals surface area contributed by atoms with Gasteiger partial charge >= 0.3 is 0 Å². The first-order valence-corrected chi connectivity index (χ1v) is 6.24. The van der Waals surface area contributed by atoms with Crippen LogP contribution in [0.5, 0.6) is 5.75 Å². The highest BCUT2D eigenvalue weighted by atomic mass is 35.5. The van der Waals surface area contributed by atoms with Crippen molar-refractivity contribution >= 4 is 30.0 Å². The molecule has 2 aliphatic heterocycles. The van der Waals surface area contributed by atoms with Crippen molar-refractivity contribution in [1.82, 2.24) is 4.42 Å². The van der Waals surface area contributed by atoms with E-state index in [1.54, 1.807) is 4.42 Å². The van der Waals surface area contributed by atoms with Crippen LogP contribution in [0.3, 0.4) is 0 Å². The highest BCUT2D eigenvalue weighted by Gasteiger charge is 2.42. The first-order chi connectivity index (χ1) is 8.19. The normalized spacial score (nSPS) is 21.9. The number of ketones is 1. The lowest BCUT2D eigenvalue weighted by molar-refractivity contribution is 0.00606. The molecule has 2 heterocycles. The van der Waals surface area contributed by atoms with E-state index in [1.165, 1.54) is 0 Å². The Balaban J connectivity index is 0.00000120. The molecule has 0 N–H and O–H groups in total. The van der Waals surface area contributed by atoms with Gasteiger partial charge in [-0.2, -0.15) is 0 Å². The number of fused-ring (bicyclic) bond motifs is 1. The van der Waals surface area contributed by atoms with Crippen LogP contribution in [0, 0.1) is 0 Å². The number of Topliss-reactive ketones (excluding diaryl/α,β-unsaturated/α-hetero) is 1. The summed E-state index contributed by atoms with van der Waals surface area (Å²) in [5.41, 5.74) is 0.392. The van der Waals surface area contributed by atoms with Crippen molar-refractivity contribution in [1.29, 1.82) is 0 Å². The van der Waals surface area contributed by atoms with E-state index in [4.69, 9.17) is 16.5 Å². The van der Waals surface area contributed by atoms with Crippen LogP contribution in [0.15, 0.2) is 24.3 Å². The van der Waals surface area contributed by atoms with Crippen LogP contribution in [0.25, 0.3) is 0 Å². The summed E-state index contributed by atoms with van der Waals surface area (Å²) in [5.74, 6) is 0.918. The summed E-state index contributed by atoms with van der Waals surface area (Å²) < 4.78 is 7.84. The number of ether oxygens (including phenoxy) is 1. The molecule has 0 bridgehead atoms. The van der Waals surface area contributed by atoms with Crippen molar-refractivity contribution in [2.75, 3.05) is 13.1 Å². The summed E-state index contributed by atoms with van der Waals surface area (Å²) in [6.45, 7) is 1.55. The summed E-state index contributed by atoms with van der Waals surface area (Å²) in [6, 6.07) is 7.49. The molecule has 3 rings (SSSR count). The zero-order valence-electron chi connectivity index (χ0n) is 9.89. The molecule has 2 aliphatic rings. The zero-order chi connectivity index (χ0) is 11.9. The van der Waals surface area contributed by atoms with Crippen LogP contribution in [0.1, 0.15) is 29.6 Å². The Morgan fingerprint density at radius 1 is 1.22 bits per heavy atom. The Bertz CT molecular complexity index is 456. The number of carbonyl (C=O) groups is 1. The maximum absolute atomic E-state index is 12.1. The average Bonchev–Trinajstić information content (AvgIpc) is 2.34. The molecule has 0 saturated carbocycles. The SMILES string of the molecule is Cl.O=C1CC2(CCN(Cl)CC2)Oc2ccccc21. The summed E-state index contributed by atoms with van der Waals surface area (Å²) in [7, 11) is 0. The molecule has 3 nitrogen and oxygen atoms in total. The van der Waals surface area contributed by atoms with Crippen molar-refractivity contribution in [3.8, 4) is 5.75 Å². The van der Waals surface area contributed by atoms with E-state index < -0.39 is 0 Å². The first-order valence-electron chi connectivity index (χ1n) is 5.91. The van der Waals surface area contributed by atoms with E-state index in [9.17, 15) is 4.79 Å². The second-order valence-corrected chi connectivity index (χ2v) is 5.27. The minimum absolute atomic E-state index is 0. The van der Waals surface area contributed by atoms with Gasteiger partial charge in [-0.3, -0.25) is 4.79 Å². The van der Waals surface area contributed by atoms with Crippen LogP contribution < -0.4 is 4.74 Å². The Kier molecular flexibility index (Phi) is 3.85. The zero-order valence-corrected chi connectivity index (χ0v) is 11.5. The monoisotopic (exact) mass is 287 g/mol. The van der Waals surface area contributed by atoms with E-state index in [-0.39, 0.29) is 23.8 Å². The van der Waals surface area contributed by atoms with Gasteiger partial charge in [0, 0.05) is 25.9 Å². The molecule has 1 fully saturated rings. The lowest BCUT2D eigenvalue weighted by Crippen LogP contribution is -2.49. The molecule has 0 amide bonds. The topological polar surface area (TPSA) is 29.5 Å². The van der Waals surface area contributed by atoms with Gasteiger partial charge in [0.1, 0.15) is 11.4 Å². The van der Waals surface area contributed by atoms with E-state index in [0.29, 0.717) is 12.0 Å². The minimum Gasteiger partial charge on any atom is -0.486 e. The minimum atomic E-state index is -0.323. The van der Waals surface area contributed by atoms with Gasteiger partial charge in [0.15, 0.2) is 5.78 Å². The number of rotatable bonds is 0. The lowest BCUT2D eigenvalue weighted by Gasteiger charge is -2.42. The van der Waals surface area contributed by atoms with Gasteiger partial charge in [0.05, 0.1) is 12.0 Å². The van der Waals surface area contributed by atoms with Gasteiger partial charge in [0.25, 0.3) is 0 Å². The summed E-state index contributed by atoms with van der Waals surface area (Å²) in [5, 5.41) is 0. The van der Waals surface area contributed by atoms with Crippen LogP contribution in [0.2, 0.25) is 0 Å². The predicted octanol–water partition coefficient (Wildman–Crippen LogP) is 3.06. The molecule has 0 radical (unpaired) electrons. The number of hydrogen-bond acceptors (Lipinski definition) is 3. The highest BCUT2D eigenvalue weighted by molar-refractivity contribution is 6.13. The molecule has 0 aromatic heterocycles. The number of para-hydroxylation sites is 1. The van der Waals surface area contributed by atoms with E-state index in [2.05, 4.69) is 0 Å². The smallest absolute Gasteiger partial charge is 0.170 e. The molecular formula is C13H15Cl2NO2. The standard InChI is InChI=1S/C13H14ClNO2.ClH/c14-15-7-5-13(6-8-15)9-11(16)10-3-1-2-4-12(10)17-13;/h1-4H,5-9H2;1H. The molecule has 5 heteroatoms. The van der Waals surface area contributed by atoms with Crippen molar-refractivity contribution < 1.29 is 9.53 Å². The molecule has 1 aromatic rings. The Morgan fingerprint density at radius 2 is 1.89 bits per heavy atom. The van der Waals surface area contributed by atoms with Gasteiger partial charge in [-0.15, -0.1) is 12.4 Å². The summed E-state index contributed by atoms with van der Waals surface area (Å²) >= 11 is 5.95. The van der Waals surface area contributed by atoms with Crippen molar-refractivity contribution in [2.45, 2.75) is 24.9 Å². The van der Waals surface area contributed by atoms with Crippen LogP contribution in [0.4, 0.5) is 0 Å². The Morgan fingerprint density at radius 3 is 2.61 bits per heavy atom. The number of hydrogen-bond donors (Lipinski definition) is 0. The van der Waals surface area contributed by atoms with Crippen molar-refractivity contribution in [2.24, 2.45) is 0 Å². The number of halogens is 2. The molecule has 0 unspecified atom stereocenters. The third kappa shape index (κ3) is 2.35. The van der Waals surface area contributed by atoms with Crippen LogP contribution >= 0.6 is 24.2 Å². The second-order valence-electron chi connectivity index (χ2n) is 4.79. The quantitative estimate of drug-likeness (QED) is 0.687. The van der Waals surface area contributed by atoms with E-state index in [1.807, 2.05) is 24.3 Å². The number of benzene rings is 1. The van der Waals surface area contributed by atoms with Gasteiger partial charge in [-0.1, -0.05) is 12.1 Å². The number of nitrogens with zero attached hydrogens (tertiary/aromatic N) is 1. The molecule has 98 valence electrons. The molecule has 0 aliphatic carbocycles. The molecule has 0 atom stereocenters. The molecule has 18 heavy (non-hydrogen) atoms. The first kappa shape index (κ1) is 13.7. The van der Waals surface area contributed by atoms with Gasteiger partial charge in [0.2, 0.25) is 0 Å². The third-order valence-electron chi connectivity index (χ3n) is 3.62. The number of piperidine rings is 1. The average molecular weight is 288 g/mol. The summed E-state index contributed by atoms with van der Waals surface area (Å²) in [6.07, 6.45) is 2.11. The van der Waals surface area contributed by atoms with E-state index in [0.717, 1.165) is 31.7 Å². The Hall–Kier alpha value is -0.770. The fourth-order valence-electron chi connectivity index (χ4n) is 2.61. The second kappa shape index (κ2) is 5.08. The molecule has 1 saturated heterocycles. The highest BCUT2D eigenvalue weighted by Crippen LogP contribution is 2.39. The maximum atomic E-state index is 12.1. The fourth-order valence-corrected chi connectivity index (χ4v) is 2.78. The van der Waals surface area contributed by atoms with Gasteiger partial charge in [-0.25, -0.2) is 4.42 Å². The largest absolute Gasteiger partial charge is 0.486 e. The molecule has 1 aromatic carbocycles. The van der Waals surface area contributed by atoms with Gasteiger partial charge < -0.3 is 4.74 Å². The van der Waals surface area contributed by atoms with Crippen LogP contribution in [-0.4, -0.2) is 28.9 Å². The van der Waals surface area contributed by atoms with Crippen LogP contribution in [-0.2, 0) is 0 Å². The predicted molar refractivity (Wildman–Crippen MR) is 72.7 cm³/mol. The summed E-state index contributed by atoms with van der Waals surface area (Å²) in [4.78, 5) is 12.1. The van der Waals surface area contributed by atoms with Crippen molar-refractivity contribution in [3.63, 3.8) is 0 Å². The number of carbonyl (C=O) groups excluding carboxylic acids is 1. The van der Waals surface area contributed by atoms with Crippen molar-refractivity contribution in [3.05, 3.63) is 29.8 Å². The lowest BCUT2D eigenvalue weighted by atomic mass is 9.83.